The van der Waals surface area contributed by atoms with Gasteiger partial charge in [0.25, 0.3) is 0 Å². The maximum Gasteiger partial charge on any atom is 0.183 e. The van der Waals surface area contributed by atoms with Gasteiger partial charge in [0, 0.05) is 0 Å². The molecular formula is C17H24FN3O2S. The molecule has 0 spiro atoms. The van der Waals surface area contributed by atoms with Crippen LogP contribution in [0.3, 0.4) is 0 Å². The summed E-state index contributed by atoms with van der Waals surface area (Å²) in [6.07, 6.45) is 2.61. The molecule has 0 radical (unpaired) electrons. The summed E-state index contributed by atoms with van der Waals surface area (Å²) in [5, 5.41) is 15.7. The summed E-state index contributed by atoms with van der Waals surface area (Å²) in [4.78, 5) is 3.98. The molecule has 1 aromatic heterocycles. The Labute approximate surface area is 147 Å². The number of nitrogens with zero attached hydrogens (tertiary/aromatic N) is 3. The van der Waals surface area contributed by atoms with Crippen LogP contribution in [0.1, 0.15) is 33.6 Å². The lowest BCUT2D eigenvalue weighted by atomic mass is 9.73. The van der Waals surface area contributed by atoms with Crippen molar-refractivity contribution in [1.29, 1.82) is 0 Å². The third kappa shape index (κ3) is 4.70. The number of aromatic nitrogens is 3. The molecule has 2 rings (SSSR count). The fourth-order valence-electron chi connectivity index (χ4n) is 2.39. The maximum absolute atomic E-state index is 12.9. The standard InChI is InChI=1S/C17H24FN3O2S/c1-16(2,3)17(22,11-21-15(24)19-12-20-21)9-4-10-23-14-7-5-13(18)6-8-14/h5-8,12,22H,4,9-11H2,1-3H3,(H,19,20,24). The highest BCUT2D eigenvalue weighted by molar-refractivity contribution is 7.80. The third-order valence-corrected chi connectivity index (χ3v) is 4.57. The molecule has 0 bridgehead atoms. The van der Waals surface area contributed by atoms with Crippen molar-refractivity contribution in [3.05, 3.63) is 36.4 Å². The number of ether oxygens (including phenoxy) is 1. The van der Waals surface area contributed by atoms with Crippen molar-refractivity contribution in [3.8, 4) is 5.75 Å². The molecule has 0 aliphatic heterocycles. The minimum absolute atomic E-state index is 0.292. The van der Waals surface area contributed by atoms with E-state index in [1.165, 1.54) is 18.5 Å². The zero-order valence-electron chi connectivity index (χ0n) is 14.2. The quantitative estimate of drug-likeness (QED) is 0.592. The van der Waals surface area contributed by atoms with E-state index >= 15 is 0 Å². The van der Waals surface area contributed by atoms with Crippen molar-refractivity contribution in [3.63, 3.8) is 0 Å². The van der Waals surface area contributed by atoms with Crippen LogP contribution in [0.2, 0.25) is 0 Å². The zero-order valence-corrected chi connectivity index (χ0v) is 15.1. The molecule has 2 aromatic rings. The Kier molecular flexibility index (Phi) is 5.87. The first-order chi connectivity index (χ1) is 11.2. The van der Waals surface area contributed by atoms with Crippen molar-refractivity contribution in [1.82, 2.24) is 14.8 Å². The molecule has 0 aliphatic rings. The maximum atomic E-state index is 12.9. The van der Waals surface area contributed by atoms with Crippen molar-refractivity contribution in [2.75, 3.05) is 6.61 Å². The van der Waals surface area contributed by atoms with Gasteiger partial charge in [-0.2, -0.15) is 5.10 Å². The van der Waals surface area contributed by atoms with Gasteiger partial charge < -0.3 is 9.84 Å². The molecule has 7 heteroatoms. The molecule has 1 heterocycles. The fourth-order valence-corrected chi connectivity index (χ4v) is 2.57. The molecule has 1 atom stereocenters. The van der Waals surface area contributed by atoms with Crippen LogP contribution in [0.25, 0.3) is 0 Å². The highest BCUT2D eigenvalue weighted by Crippen LogP contribution is 2.36. The summed E-state index contributed by atoms with van der Waals surface area (Å²) in [5.74, 6) is 0.324. The van der Waals surface area contributed by atoms with E-state index in [-0.39, 0.29) is 11.2 Å². The normalized spacial score (nSPS) is 14.4. The molecule has 0 saturated carbocycles. The van der Waals surface area contributed by atoms with Crippen LogP contribution in [0, 0.1) is 11.2 Å². The van der Waals surface area contributed by atoms with Gasteiger partial charge in [-0.3, -0.25) is 0 Å². The lowest BCUT2D eigenvalue weighted by Crippen LogP contribution is -2.47. The van der Waals surface area contributed by atoms with E-state index in [1.54, 1.807) is 16.8 Å². The average Bonchev–Trinajstić information content (AvgIpc) is 2.89. The van der Waals surface area contributed by atoms with Gasteiger partial charge in [-0.25, -0.2) is 14.1 Å². The highest BCUT2D eigenvalue weighted by atomic mass is 32.1. The Hall–Kier alpha value is -1.60. The summed E-state index contributed by atoms with van der Waals surface area (Å²) < 4.78 is 20.1. The molecule has 0 amide bonds. The van der Waals surface area contributed by atoms with Gasteiger partial charge in [0.1, 0.15) is 17.9 Å². The van der Waals surface area contributed by atoms with E-state index in [9.17, 15) is 9.50 Å². The third-order valence-electron chi connectivity index (χ3n) is 4.22. The second kappa shape index (κ2) is 7.53. The minimum atomic E-state index is -0.982. The van der Waals surface area contributed by atoms with E-state index in [0.29, 0.717) is 36.9 Å². The predicted octanol–water partition coefficient (Wildman–Crippen LogP) is 3.34. The number of benzene rings is 1. The molecule has 1 aromatic carbocycles. The van der Waals surface area contributed by atoms with Gasteiger partial charge in [0.15, 0.2) is 5.16 Å². The molecule has 1 N–H and O–H groups in total. The van der Waals surface area contributed by atoms with Gasteiger partial charge >= 0.3 is 0 Å². The Morgan fingerprint density at radius 2 is 1.92 bits per heavy atom. The van der Waals surface area contributed by atoms with E-state index in [4.69, 9.17) is 4.74 Å². The number of thiol groups is 1. The highest BCUT2D eigenvalue weighted by Gasteiger charge is 2.40. The summed E-state index contributed by atoms with van der Waals surface area (Å²) in [6.45, 7) is 6.72. The SMILES string of the molecule is CC(C)(C)C(O)(CCCOc1ccc(F)cc1)Cn1ncnc1S. The van der Waals surface area contributed by atoms with Crippen molar-refractivity contribution in [2.24, 2.45) is 5.41 Å². The summed E-state index contributed by atoms with van der Waals surface area (Å²) in [7, 11) is 0. The van der Waals surface area contributed by atoms with Gasteiger partial charge in [-0.05, 0) is 42.5 Å². The van der Waals surface area contributed by atoms with Gasteiger partial charge in [-0.1, -0.05) is 20.8 Å². The Bertz CT molecular complexity index is 655. The number of halogens is 1. The fraction of sp³-hybridized carbons (Fsp3) is 0.529. The molecule has 24 heavy (non-hydrogen) atoms. The number of rotatable bonds is 7. The van der Waals surface area contributed by atoms with Gasteiger partial charge in [-0.15, -0.1) is 12.6 Å². The van der Waals surface area contributed by atoms with E-state index in [2.05, 4.69) is 22.7 Å². The van der Waals surface area contributed by atoms with Crippen molar-refractivity contribution >= 4 is 12.6 Å². The van der Waals surface area contributed by atoms with Crippen molar-refractivity contribution < 1.29 is 14.2 Å². The van der Waals surface area contributed by atoms with Gasteiger partial charge in [0.2, 0.25) is 0 Å². The number of aliphatic hydroxyl groups is 1. The summed E-state index contributed by atoms with van der Waals surface area (Å²) >= 11 is 4.24. The zero-order chi connectivity index (χ0) is 17.8. The Morgan fingerprint density at radius 1 is 1.25 bits per heavy atom. The molecule has 0 saturated heterocycles. The van der Waals surface area contributed by atoms with Crippen LogP contribution in [-0.2, 0) is 6.54 Å². The largest absolute Gasteiger partial charge is 0.494 e. The molecule has 0 aliphatic carbocycles. The number of hydrogen-bond donors (Lipinski definition) is 2. The second-order valence-corrected chi connectivity index (χ2v) is 7.31. The number of hydrogen-bond acceptors (Lipinski definition) is 5. The lowest BCUT2D eigenvalue weighted by molar-refractivity contribution is -0.0841. The van der Waals surface area contributed by atoms with E-state index < -0.39 is 5.60 Å². The molecule has 1 unspecified atom stereocenters. The van der Waals surface area contributed by atoms with Crippen LogP contribution in [0.15, 0.2) is 35.7 Å². The molecular weight excluding hydrogens is 329 g/mol. The Morgan fingerprint density at radius 3 is 2.46 bits per heavy atom. The molecule has 5 nitrogen and oxygen atoms in total. The minimum Gasteiger partial charge on any atom is -0.494 e. The monoisotopic (exact) mass is 353 g/mol. The second-order valence-electron chi connectivity index (χ2n) is 6.91. The first-order valence-corrected chi connectivity index (χ1v) is 8.33. The summed E-state index contributed by atoms with van der Waals surface area (Å²) in [5.41, 5.74) is -1.33. The van der Waals surface area contributed by atoms with Crippen LogP contribution in [0.4, 0.5) is 4.39 Å². The predicted molar refractivity (Wildman–Crippen MR) is 92.8 cm³/mol. The van der Waals surface area contributed by atoms with Crippen molar-refractivity contribution in [2.45, 2.75) is 50.9 Å². The smallest absolute Gasteiger partial charge is 0.183 e. The first kappa shape index (κ1) is 18.7. The van der Waals surface area contributed by atoms with Crippen LogP contribution in [0.5, 0.6) is 5.75 Å². The lowest BCUT2D eigenvalue weighted by Gasteiger charge is -2.40. The van der Waals surface area contributed by atoms with Crippen LogP contribution >= 0.6 is 12.6 Å². The van der Waals surface area contributed by atoms with E-state index in [0.717, 1.165) is 0 Å². The van der Waals surface area contributed by atoms with Gasteiger partial charge in [0.05, 0.1) is 18.8 Å². The summed E-state index contributed by atoms with van der Waals surface area (Å²) in [6, 6.07) is 5.90. The Balaban J connectivity index is 1.94. The van der Waals surface area contributed by atoms with Crippen LogP contribution < -0.4 is 4.74 Å². The molecule has 0 fully saturated rings. The first-order valence-electron chi connectivity index (χ1n) is 7.89. The average molecular weight is 353 g/mol. The van der Waals surface area contributed by atoms with Crippen LogP contribution in [-0.4, -0.2) is 32.1 Å². The molecule has 132 valence electrons. The topological polar surface area (TPSA) is 60.2 Å². The van der Waals surface area contributed by atoms with E-state index in [1.807, 2.05) is 20.8 Å².